The lowest BCUT2D eigenvalue weighted by Gasteiger charge is -2.22. The van der Waals surface area contributed by atoms with Gasteiger partial charge in [0.15, 0.2) is 0 Å². The van der Waals surface area contributed by atoms with E-state index in [9.17, 15) is 0 Å². The Hall–Kier alpha value is -10.4. The molecule has 0 spiro atoms. The Morgan fingerprint density at radius 3 is 0.645 bits per heavy atom. The van der Waals surface area contributed by atoms with Gasteiger partial charge in [0, 0.05) is 22.3 Å². The molecule has 0 bridgehead atoms. The molecule has 4 N–H and O–H groups in total. The number of benzene rings is 12. The van der Waals surface area contributed by atoms with Crippen molar-refractivity contribution in [2.45, 2.75) is 0 Å². The quantitative estimate of drug-likeness (QED) is 0.114. The van der Waals surface area contributed by atoms with Crippen molar-refractivity contribution in [3.05, 3.63) is 231 Å². The smallest absolute Gasteiger partial charge is 0.138 e. The maximum Gasteiger partial charge on any atom is 0.138 e. The van der Waals surface area contributed by atoms with E-state index in [1.54, 1.807) is 0 Å². The Balaban J connectivity index is 0.910. The number of H-pyrrole nitrogens is 4. The number of aromatic amines is 4. The summed E-state index contributed by atoms with van der Waals surface area (Å²) in [6.45, 7) is 0. The average molecular weight is 971 g/mol. The fourth-order valence-corrected chi connectivity index (χ4v) is 11.5. The van der Waals surface area contributed by atoms with Crippen LogP contribution in [0, 0.1) is 0 Å². The molecular formula is C68H42N8. The summed E-state index contributed by atoms with van der Waals surface area (Å²) in [7, 11) is 0. The predicted octanol–water partition coefficient (Wildman–Crippen LogP) is 17.4. The lowest BCUT2D eigenvalue weighted by molar-refractivity contribution is 1.34. The van der Waals surface area contributed by atoms with Crippen molar-refractivity contribution < 1.29 is 0 Å². The van der Waals surface area contributed by atoms with Crippen LogP contribution in [0.4, 0.5) is 0 Å². The zero-order valence-electron chi connectivity index (χ0n) is 40.7. The molecule has 16 aromatic rings. The standard InChI is InChI=1S/C68H42N8/c1-2-10-56-55(9-1)69-65(70-56)43-25-17-39(18-26-43)51-37-52(40-19-27-44(28-20-40)66-71-57-11-3-4-12-58(57)72-66)48-35-36-50-54(42-23-31-46(32-24-42)68-75-61-15-7-8-16-62(61)76-68)38-53(49-34-33-47(51)63(48)64(49)50)41-21-29-45(30-22-41)67-73-59-13-5-6-14-60(59)74-67/h1-38H,(H,69,70)(H,71,72)(H,73,74)(H,75,76). The Kier molecular flexibility index (Phi) is 9.17. The topological polar surface area (TPSA) is 115 Å². The molecule has 0 aliphatic heterocycles. The van der Waals surface area contributed by atoms with Gasteiger partial charge in [0.25, 0.3) is 0 Å². The van der Waals surface area contributed by atoms with Gasteiger partial charge in [-0.25, -0.2) is 19.9 Å². The minimum absolute atomic E-state index is 0.852. The van der Waals surface area contributed by atoms with E-state index in [0.29, 0.717) is 0 Å². The van der Waals surface area contributed by atoms with E-state index in [1.165, 1.54) is 32.3 Å². The van der Waals surface area contributed by atoms with E-state index in [-0.39, 0.29) is 0 Å². The SMILES string of the molecule is c1ccc2[nH]c(-c3ccc(-c4cc(-c5ccc(-c6nc7ccccc7[nH]6)cc5)c5ccc6c(-c7ccc(-c8nc9ccccc9[nH]8)cc7)cc(-c7ccc(-c8nc9ccccc9[nH]8)cc7)c7ccc4c5c76)cc3)nc2c1. The number of nitrogens with one attached hydrogen (secondary N) is 4. The molecule has 0 aliphatic carbocycles. The zero-order chi connectivity index (χ0) is 49.8. The van der Waals surface area contributed by atoms with Crippen LogP contribution >= 0.6 is 0 Å². The molecule has 354 valence electrons. The Bertz CT molecular complexity index is 4150. The van der Waals surface area contributed by atoms with E-state index in [1.807, 2.05) is 72.8 Å². The Labute approximate surface area is 434 Å². The van der Waals surface area contributed by atoms with Crippen LogP contribution < -0.4 is 0 Å². The maximum absolute atomic E-state index is 4.94. The fraction of sp³-hybridized carbons (Fsp3) is 0. The summed E-state index contributed by atoms with van der Waals surface area (Å²) < 4.78 is 0. The number of fused-ring (bicyclic) bond motifs is 4. The molecule has 0 fully saturated rings. The molecule has 0 saturated carbocycles. The number of rotatable bonds is 8. The van der Waals surface area contributed by atoms with Gasteiger partial charge >= 0.3 is 0 Å². The van der Waals surface area contributed by atoms with Crippen molar-refractivity contribution >= 4 is 76.5 Å². The van der Waals surface area contributed by atoms with Gasteiger partial charge in [0.05, 0.1) is 44.1 Å². The molecule has 76 heavy (non-hydrogen) atoms. The van der Waals surface area contributed by atoms with Crippen LogP contribution in [0.15, 0.2) is 231 Å². The van der Waals surface area contributed by atoms with Crippen LogP contribution in [-0.2, 0) is 0 Å². The summed E-state index contributed by atoms with van der Waals surface area (Å²) >= 11 is 0. The van der Waals surface area contributed by atoms with Gasteiger partial charge in [0.2, 0.25) is 0 Å². The largest absolute Gasteiger partial charge is 0.338 e. The summed E-state index contributed by atoms with van der Waals surface area (Å²) in [5.74, 6) is 3.41. The fourth-order valence-electron chi connectivity index (χ4n) is 11.5. The first-order valence-corrected chi connectivity index (χ1v) is 25.6. The second-order valence-electron chi connectivity index (χ2n) is 19.7. The van der Waals surface area contributed by atoms with Crippen molar-refractivity contribution in [3.63, 3.8) is 0 Å². The summed E-state index contributed by atoms with van der Waals surface area (Å²) in [6, 6.07) is 82.3. The van der Waals surface area contributed by atoms with Gasteiger partial charge in [-0.05, 0) is 137 Å². The number of imidazole rings is 4. The lowest BCUT2D eigenvalue weighted by atomic mass is 9.81. The third-order valence-corrected chi connectivity index (χ3v) is 15.3. The van der Waals surface area contributed by atoms with Crippen LogP contribution in [0.25, 0.3) is 167 Å². The van der Waals surface area contributed by atoms with Crippen LogP contribution in [0.5, 0.6) is 0 Å². The van der Waals surface area contributed by atoms with E-state index in [0.717, 1.165) is 134 Å². The van der Waals surface area contributed by atoms with Gasteiger partial charge in [-0.2, -0.15) is 0 Å². The molecule has 8 nitrogen and oxygen atoms in total. The van der Waals surface area contributed by atoms with Gasteiger partial charge in [0.1, 0.15) is 23.3 Å². The first-order valence-electron chi connectivity index (χ1n) is 25.6. The van der Waals surface area contributed by atoms with Crippen LogP contribution in [0.1, 0.15) is 0 Å². The second kappa shape index (κ2) is 16.5. The van der Waals surface area contributed by atoms with Crippen LogP contribution in [0.2, 0.25) is 0 Å². The summed E-state index contributed by atoms with van der Waals surface area (Å²) in [5, 5.41) is 7.22. The third-order valence-electron chi connectivity index (χ3n) is 15.3. The lowest BCUT2D eigenvalue weighted by Crippen LogP contribution is -1.95. The molecular weight excluding hydrogens is 929 g/mol. The number of nitrogens with zero attached hydrogens (tertiary/aromatic N) is 4. The van der Waals surface area contributed by atoms with E-state index in [2.05, 4.69) is 178 Å². The number of aromatic nitrogens is 8. The van der Waals surface area contributed by atoms with Crippen molar-refractivity contribution in [1.29, 1.82) is 0 Å². The monoisotopic (exact) mass is 970 g/mol. The Morgan fingerprint density at radius 2 is 0.421 bits per heavy atom. The van der Waals surface area contributed by atoms with E-state index in [4.69, 9.17) is 19.9 Å². The van der Waals surface area contributed by atoms with Crippen molar-refractivity contribution in [2.75, 3.05) is 0 Å². The zero-order valence-corrected chi connectivity index (χ0v) is 40.7. The number of hydrogen-bond donors (Lipinski definition) is 4. The average Bonchev–Trinajstić information content (AvgIpc) is 4.41. The normalized spacial score (nSPS) is 11.9. The second-order valence-corrected chi connectivity index (χ2v) is 19.7. The van der Waals surface area contributed by atoms with Gasteiger partial charge in [-0.3, -0.25) is 0 Å². The summed E-state index contributed by atoms with van der Waals surface area (Å²) in [6.07, 6.45) is 0. The molecule has 4 aromatic heterocycles. The van der Waals surface area contributed by atoms with Gasteiger partial charge in [-0.15, -0.1) is 0 Å². The molecule has 0 amide bonds. The molecule has 8 heteroatoms. The van der Waals surface area contributed by atoms with E-state index >= 15 is 0 Å². The predicted molar refractivity (Wildman–Crippen MR) is 312 cm³/mol. The molecule has 0 unspecified atom stereocenters. The van der Waals surface area contributed by atoms with Crippen LogP contribution in [0.3, 0.4) is 0 Å². The molecule has 16 rings (SSSR count). The van der Waals surface area contributed by atoms with Crippen LogP contribution in [-0.4, -0.2) is 39.9 Å². The van der Waals surface area contributed by atoms with E-state index < -0.39 is 0 Å². The number of para-hydroxylation sites is 8. The minimum Gasteiger partial charge on any atom is -0.338 e. The molecule has 4 heterocycles. The van der Waals surface area contributed by atoms with Gasteiger partial charge in [-0.1, -0.05) is 170 Å². The minimum atomic E-state index is 0.852. The summed E-state index contributed by atoms with van der Waals surface area (Å²) in [5.41, 5.74) is 21.2. The molecule has 0 radical (unpaired) electrons. The molecule has 0 saturated heterocycles. The van der Waals surface area contributed by atoms with Gasteiger partial charge < -0.3 is 19.9 Å². The maximum atomic E-state index is 4.94. The summed E-state index contributed by atoms with van der Waals surface area (Å²) in [4.78, 5) is 33.9. The van der Waals surface area contributed by atoms with Crippen molar-refractivity contribution in [1.82, 2.24) is 39.9 Å². The highest BCUT2D eigenvalue weighted by atomic mass is 14.9. The molecule has 12 aromatic carbocycles. The molecule has 0 aliphatic rings. The highest BCUT2D eigenvalue weighted by Gasteiger charge is 2.22. The number of hydrogen-bond acceptors (Lipinski definition) is 4. The molecule has 0 atom stereocenters. The first kappa shape index (κ1) is 42.1. The third kappa shape index (κ3) is 6.78. The van der Waals surface area contributed by atoms with Crippen molar-refractivity contribution in [2.24, 2.45) is 0 Å². The Morgan fingerprint density at radius 1 is 0.211 bits per heavy atom. The first-order chi connectivity index (χ1) is 37.6. The highest BCUT2D eigenvalue weighted by molar-refractivity contribution is 6.32. The highest BCUT2D eigenvalue weighted by Crippen LogP contribution is 2.49. The van der Waals surface area contributed by atoms with Crippen molar-refractivity contribution in [3.8, 4) is 90.1 Å².